The lowest BCUT2D eigenvalue weighted by atomic mass is 10.2. The third-order valence-corrected chi connectivity index (χ3v) is 2.82. The maximum absolute atomic E-state index is 10.0. The second-order valence-electron chi connectivity index (χ2n) is 3.69. The molecule has 0 aromatic carbocycles. The van der Waals surface area contributed by atoms with Gasteiger partial charge in [0.1, 0.15) is 6.10 Å². The number of hydrogen-bond donors (Lipinski definition) is 1. The van der Waals surface area contributed by atoms with E-state index in [1.54, 1.807) is 6.20 Å². The standard InChI is InChI=1S/C11H19BrN2O2/c1-3-5-14-11(9(12)7-13-14)10(15)8-16-6-4-2/h7,10,15H,3-6,8H2,1-2H3. The van der Waals surface area contributed by atoms with Crippen molar-refractivity contribution in [1.82, 2.24) is 9.78 Å². The molecule has 1 aromatic rings. The molecule has 0 radical (unpaired) electrons. The van der Waals surface area contributed by atoms with Crippen LogP contribution in [0.15, 0.2) is 10.7 Å². The molecule has 1 unspecified atom stereocenters. The minimum absolute atomic E-state index is 0.321. The maximum Gasteiger partial charge on any atom is 0.120 e. The van der Waals surface area contributed by atoms with Gasteiger partial charge < -0.3 is 9.84 Å². The highest BCUT2D eigenvalue weighted by Gasteiger charge is 2.17. The molecule has 0 aliphatic rings. The lowest BCUT2D eigenvalue weighted by Gasteiger charge is -2.13. The van der Waals surface area contributed by atoms with E-state index in [0.717, 1.165) is 29.6 Å². The fourth-order valence-electron chi connectivity index (χ4n) is 1.51. The highest BCUT2D eigenvalue weighted by atomic mass is 79.9. The predicted octanol–water partition coefficient (Wildman–Crippen LogP) is 2.52. The molecule has 1 aromatic heterocycles. The van der Waals surface area contributed by atoms with Crippen LogP contribution in [0.4, 0.5) is 0 Å². The number of aliphatic hydroxyl groups excluding tert-OH is 1. The summed E-state index contributed by atoms with van der Waals surface area (Å²) in [5.74, 6) is 0. The van der Waals surface area contributed by atoms with Gasteiger partial charge in [0.25, 0.3) is 0 Å². The Balaban J connectivity index is 2.65. The molecule has 0 saturated heterocycles. The first-order valence-electron chi connectivity index (χ1n) is 5.67. The Morgan fingerprint density at radius 2 is 2.25 bits per heavy atom. The van der Waals surface area contributed by atoms with Crippen LogP contribution in [-0.2, 0) is 11.3 Å². The SMILES string of the molecule is CCCOCC(O)c1c(Br)cnn1CCC. The van der Waals surface area contributed by atoms with Crippen LogP contribution < -0.4 is 0 Å². The van der Waals surface area contributed by atoms with Crippen LogP contribution in [0.2, 0.25) is 0 Å². The lowest BCUT2D eigenvalue weighted by molar-refractivity contribution is 0.0314. The highest BCUT2D eigenvalue weighted by Crippen LogP contribution is 2.23. The third kappa shape index (κ3) is 3.57. The van der Waals surface area contributed by atoms with Crippen molar-refractivity contribution >= 4 is 15.9 Å². The summed E-state index contributed by atoms with van der Waals surface area (Å²) in [6.45, 7) is 5.94. The van der Waals surface area contributed by atoms with Gasteiger partial charge in [0.05, 0.1) is 23.0 Å². The van der Waals surface area contributed by atoms with E-state index in [9.17, 15) is 5.11 Å². The first kappa shape index (κ1) is 13.7. The van der Waals surface area contributed by atoms with Crippen LogP contribution in [0.1, 0.15) is 38.5 Å². The molecule has 1 N–H and O–H groups in total. The Morgan fingerprint density at radius 1 is 1.50 bits per heavy atom. The average Bonchev–Trinajstić information content (AvgIpc) is 2.61. The summed E-state index contributed by atoms with van der Waals surface area (Å²) in [5, 5.41) is 14.2. The van der Waals surface area contributed by atoms with Gasteiger partial charge in [-0.3, -0.25) is 4.68 Å². The summed E-state index contributed by atoms with van der Waals surface area (Å²) in [6.07, 6.45) is 3.05. The molecule has 0 aliphatic carbocycles. The zero-order valence-corrected chi connectivity index (χ0v) is 11.4. The van der Waals surface area contributed by atoms with E-state index < -0.39 is 6.10 Å². The molecule has 5 heteroatoms. The molecule has 0 saturated carbocycles. The van der Waals surface area contributed by atoms with Gasteiger partial charge in [-0.05, 0) is 28.8 Å². The van der Waals surface area contributed by atoms with E-state index in [-0.39, 0.29) is 0 Å². The Bertz CT molecular complexity index is 315. The second kappa shape index (κ2) is 7.04. The lowest BCUT2D eigenvalue weighted by Crippen LogP contribution is -2.14. The van der Waals surface area contributed by atoms with Crippen LogP contribution >= 0.6 is 15.9 Å². The third-order valence-electron chi connectivity index (χ3n) is 2.21. The van der Waals surface area contributed by atoms with Crippen molar-refractivity contribution in [1.29, 1.82) is 0 Å². The van der Waals surface area contributed by atoms with E-state index in [1.165, 1.54) is 0 Å². The van der Waals surface area contributed by atoms with Crippen molar-refractivity contribution in [2.24, 2.45) is 0 Å². The van der Waals surface area contributed by atoms with Crippen molar-refractivity contribution in [2.75, 3.05) is 13.2 Å². The molecule has 0 spiro atoms. The van der Waals surface area contributed by atoms with Crippen LogP contribution in [0.25, 0.3) is 0 Å². The number of nitrogens with zero attached hydrogens (tertiary/aromatic N) is 2. The predicted molar refractivity (Wildman–Crippen MR) is 66.3 cm³/mol. The summed E-state index contributed by atoms with van der Waals surface area (Å²) < 4.78 is 8.01. The van der Waals surface area contributed by atoms with Gasteiger partial charge in [-0.2, -0.15) is 5.10 Å². The Hall–Kier alpha value is -0.390. The zero-order valence-electron chi connectivity index (χ0n) is 9.82. The van der Waals surface area contributed by atoms with E-state index in [4.69, 9.17) is 4.74 Å². The topological polar surface area (TPSA) is 47.3 Å². The van der Waals surface area contributed by atoms with Crippen molar-refractivity contribution in [3.63, 3.8) is 0 Å². The monoisotopic (exact) mass is 290 g/mol. The molecule has 0 fully saturated rings. The summed E-state index contributed by atoms with van der Waals surface area (Å²) in [5.41, 5.74) is 0.804. The van der Waals surface area contributed by atoms with E-state index in [1.807, 2.05) is 11.6 Å². The van der Waals surface area contributed by atoms with Crippen molar-refractivity contribution in [2.45, 2.75) is 39.3 Å². The van der Waals surface area contributed by atoms with Gasteiger partial charge in [0.15, 0.2) is 0 Å². The van der Waals surface area contributed by atoms with E-state index >= 15 is 0 Å². The normalized spacial score (nSPS) is 13.0. The molecule has 0 bridgehead atoms. The van der Waals surface area contributed by atoms with Crippen LogP contribution in [0, 0.1) is 0 Å². The molecule has 1 rings (SSSR count). The molecule has 92 valence electrons. The Kier molecular flexibility index (Phi) is 6.01. The smallest absolute Gasteiger partial charge is 0.120 e. The molecule has 1 heterocycles. The molecule has 1 atom stereocenters. The Morgan fingerprint density at radius 3 is 2.88 bits per heavy atom. The van der Waals surface area contributed by atoms with Crippen LogP contribution in [0.5, 0.6) is 0 Å². The molecule has 0 amide bonds. The maximum atomic E-state index is 10.0. The number of aliphatic hydroxyl groups is 1. The summed E-state index contributed by atoms with van der Waals surface area (Å²) in [7, 11) is 0. The quantitative estimate of drug-likeness (QED) is 0.785. The van der Waals surface area contributed by atoms with Gasteiger partial charge in [-0.15, -0.1) is 0 Å². The zero-order chi connectivity index (χ0) is 12.0. The highest BCUT2D eigenvalue weighted by molar-refractivity contribution is 9.10. The Labute approximate surface area is 105 Å². The van der Waals surface area contributed by atoms with Gasteiger partial charge in [-0.1, -0.05) is 13.8 Å². The first-order valence-corrected chi connectivity index (χ1v) is 6.47. The summed E-state index contributed by atoms with van der Waals surface area (Å²) in [6, 6.07) is 0. The van der Waals surface area contributed by atoms with Crippen molar-refractivity contribution < 1.29 is 9.84 Å². The summed E-state index contributed by atoms with van der Waals surface area (Å²) in [4.78, 5) is 0. The van der Waals surface area contributed by atoms with Gasteiger partial charge >= 0.3 is 0 Å². The minimum Gasteiger partial charge on any atom is -0.384 e. The number of hydrogen-bond acceptors (Lipinski definition) is 3. The molecular formula is C11H19BrN2O2. The number of rotatable bonds is 7. The largest absolute Gasteiger partial charge is 0.384 e. The first-order chi connectivity index (χ1) is 7.70. The molecule has 4 nitrogen and oxygen atoms in total. The number of halogens is 1. The fourth-order valence-corrected chi connectivity index (χ4v) is 2.07. The van der Waals surface area contributed by atoms with E-state index in [2.05, 4.69) is 28.0 Å². The van der Waals surface area contributed by atoms with Crippen LogP contribution in [0.3, 0.4) is 0 Å². The van der Waals surface area contributed by atoms with Crippen LogP contribution in [-0.4, -0.2) is 28.1 Å². The molecule has 16 heavy (non-hydrogen) atoms. The minimum atomic E-state index is -0.616. The molecule has 0 aliphatic heterocycles. The average molecular weight is 291 g/mol. The van der Waals surface area contributed by atoms with Gasteiger partial charge in [0.2, 0.25) is 0 Å². The fraction of sp³-hybridized carbons (Fsp3) is 0.727. The van der Waals surface area contributed by atoms with Crippen molar-refractivity contribution in [3.8, 4) is 0 Å². The second-order valence-corrected chi connectivity index (χ2v) is 4.55. The number of ether oxygens (including phenoxy) is 1. The van der Waals surface area contributed by atoms with Gasteiger partial charge in [0, 0.05) is 13.2 Å². The number of aromatic nitrogens is 2. The summed E-state index contributed by atoms with van der Waals surface area (Å²) >= 11 is 3.40. The van der Waals surface area contributed by atoms with Gasteiger partial charge in [-0.25, -0.2) is 0 Å². The van der Waals surface area contributed by atoms with Crippen molar-refractivity contribution in [3.05, 3.63) is 16.4 Å². The molecular weight excluding hydrogens is 272 g/mol. The van der Waals surface area contributed by atoms with E-state index in [0.29, 0.717) is 13.2 Å². The number of aryl methyl sites for hydroxylation is 1.